The molecular weight excluding hydrogens is 304 g/mol. The molecule has 0 aromatic carbocycles. The topological polar surface area (TPSA) is 36.9 Å². The van der Waals surface area contributed by atoms with Crippen molar-refractivity contribution in [3.63, 3.8) is 0 Å². The van der Waals surface area contributed by atoms with Crippen LogP contribution in [0, 0.1) is 0 Å². The normalized spacial score (nSPS) is 11.6. The van der Waals surface area contributed by atoms with Gasteiger partial charge in [-0.15, -0.1) is 0 Å². The maximum atomic E-state index is 5.80. The number of ether oxygens (including phenoxy) is 1. The lowest BCUT2D eigenvalue weighted by atomic mass is 10.2. The van der Waals surface area contributed by atoms with E-state index in [9.17, 15) is 0 Å². The lowest BCUT2D eigenvalue weighted by Gasteiger charge is -2.28. The summed E-state index contributed by atoms with van der Waals surface area (Å²) in [5.74, 6) is 0. The van der Waals surface area contributed by atoms with Crippen molar-refractivity contribution < 1.29 is 18.0 Å². The van der Waals surface area contributed by atoms with Crippen LogP contribution in [0.3, 0.4) is 0 Å². The highest BCUT2D eigenvalue weighted by Crippen LogP contribution is 2.18. The molecule has 0 N–H and O–H groups in total. The summed E-state index contributed by atoms with van der Waals surface area (Å²) in [6.45, 7) is 10.6. The molecular formula is C15H32O4SSi. The van der Waals surface area contributed by atoms with Gasteiger partial charge in [0.2, 0.25) is 0 Å². The minimum absolute atomic E-state index is 0.614. The first-order chi connectivity index (χ1) is 10.1. The molecule has 0 unspecified atom stereocenters. The molecule has 0 rings (SSSR count). The summed E-state index contributed by atoms with van der Waals surface area (Å²) in [4.78, 5) is 0. The van der Waals surface area contributed by atoms with Crippen molar-refractivity contribution in [3.05, 3.63) is 0 Å². The molecule has 4 nitrogen and oxygen atoms in total. The number of hydrogen-bond acceptors (Lipinski definition) is 5. The van der Waals surface area contributed by atoms with Crippen molar-refractivity contribution in [2.45, 2.75) is 65.8 Å². The smallest absolute Gasteiger partial charge is 0.487 e. The SMILES string of the molecule is CCCCCC(=S)OCCC[Si](OCC)(OCC)OCC. The first-order valence-electron chi connectivity index (χ1n) is 8.21. The molecule has 0 spiro atoms. The summed E-state index contributed by atoms with van der Waals surface area (Å²) < 4.78 is 23.0. The largest absolute Gasteiger partial charge is 0.501 e. The van der Waals surface area contributed by atoms with Gasteiger partial charge in [-0.3, -0.25) is 0 Å². The van der Waals surface area contributed by atoms with Crippen LogP contribution in [-0.2, 0) is 18.0 Å². The van der Waals surface area contributed by atoms with E-state index in [0.29, 0.717) is 26.4 Å². The zero-order valence-electron chi connectivity index (χ0n) is 14.1. The Hall–Kier alpha value is -0.0131. The third-order valence-corrected chi connectivity index (χ3v) is 6.44. The Morgan fingerprint density at radius 2 is 1.43 bits per heavy atom. The molecule has 0 saturated carbocycles. The van der Waals surface area contributed by atoms with Crippen LogP contribution in [0.4, 0.5) is 0 Å². The summed E-state index contributed by atoms with van der Waals surface area (Å²) >= 11 is 5.22. The first-order valence-corrected chi connectivity index (χ1v) is 10.6. The summed E-state index contributed by atoms with van der Waals surface area (Å²) in [6, 6.07) is 0.778. The number of thiocarbonyl (C=S) groups is 1. The highest BCUT2D eigenvalue weighted by Gasteiger charge is 2.39. The van der Waals surface area contributed by atoms with Gasteiger partial charge in [-0.25, -0.2) is 0 Å². The molecule has 0 fully saturated rings. The van der Waals surface area contributed by atoms with Crippen molar-refractivity contribution >= 4 is 26.1 Å². The highest BCUT2D eigenvalue weighted by molar-refractivity contribution is 7.80. The van der Waals surface area contributed by atoms with Gasteiger partial charge in [0, 0.05) is 32.3 Å². The summed E-state index contributed by atoms with van der Waals surface area (Å²) in [6.07, 6.45) is 5.26. The maximum absolute atomic E-state index is 5.80. The van der Waals surface area contributed by atoms with Gasteiger partial charge in [0.25, 0.3) is 0 Å². The van der Waals surface area contributed by atoms with Gasteiger partial charge < -0.3 is 18.0 Å². The molecule has 0 aromatic heterocycles. The predicted octanol–water partition coefficient (Wildman–Crippen LogP) is 4.35. The molecule has 0 amide bonds. The highest BCUT2D eigenvalue weighted by atomic mass is 32.1. The first kappa shape index (κ1) is 21.0. The van der Waals surface area contributed by atoms with Gasteiger partial charge >= 0.3 is 8.80 Å². The monoisotopic (exact) mass is 336 g/mol. The zero-order chi connectivity index (χ0) is 16.0. The molecule has 126 valence electrons. The van der Waals surface area contributed by atoms with Crippen LogP contribution in [0.1, 0.15) is 59.8 Å². The number of rotatable bonds is 14. The lowest BCUT2D eigenvalue weighted by molar-refractivity contribution is 0.0695. The van der Waals surface area contributed by atoms with Gasteiger partial charge in [0.1, 0.15) is 0 Å². The fourth-order valence-corrected chi connectivity index (χ4v) is 4.87. The number of hydrogen-bond donors (Lipinski definition) is 0. The van der Waals surface area contributed by atoms with E-state index in [1.807, 2.05) is 20.8 Å². The van der Waals surface area contributed by atoms with E-state index in [2.05, 4.69) is 6.92 Å². The quantitative estimate of drug-likeness (QED) is 0.268. The summed E-state index contributed by atoms with van der Waals surface area (Å²) in [7, 11) is -2.52. The molecule has 6 heteroatoms. The van der Waals surface area contributed by atoms with Crippen molar-refractivity contribution in [2.24, 2.45) is 0 Å². The van der Waals surface area contributed by atoms with Crippen LogP contribution >= 0.6 is 12.2 Å². The van der Waals surface area contributed by atoms with Crippen LogP contribution in [-0.4, -0.2) is 40.3 Å². The predicted molar refractivity (Wildman–Crippen MR) is 92.7 cm³/mol. The Kier molecular flexibility index (Phi) is 13.6. The Morgan fingerprint density at radius 3 is 1.90 bits per heavy atom. The van der Waals surface area contributed by atoms with Crippen molar-refractivity contribution in [1.82, 2.24) is 0 Å². The molecule has 0 aromatic rings. The molecule has 0 radical (unpaired) electrons. The van der Waals surface area contributed by atoms with E-state index in [0.717, 1.165) is 30.4 Å². The molecule has 0 heterocycles. The second-order valence-corrected chi connectivity index (χ2v) is 7.95. The molecule has 0 aliphatic carbocycles. The molecule has 0 saturated heterocycles. The number of unbranched alkanes of at least 4 members (excludes halogenated alkanes) is 2. The third-order valence-electron chi connectivity index (χ3n) is 2.97. The second kappa shape index (κ2) is 13.6. The Morgan fingerprint density at radius 1 is 0.857 bits per heavy atom. The van der Waals surface area contributed by atoms with Crippen LogP contribution in [0.15, 0.2) is 0 Å². The zero-order valence-corrected chi connectivity index (χ0v) is 15.9. The Balaban J connectivity index is 4.03. The molecule has 0 atom stereocenters. The fraction of sp³-hybridized carbons (Fsp3) is 0.933. The summed E-state index contributed by atoms with van der Waals surface area (Å²) in [5, 5.41) is 0.722. The van der Waals surface area contributed by atoms with Crippen molar-refractivity contribution in [3.8, 4) is 0 Å². The minimum atomic E-state index is -2.52. The Bertz CT molecular complexity index is 247. The van der Waals surface area contributed by atoms with Crippen molar-refractivity contribution in [1.29, 1.82) is 0 Å². The minimum Gasteiger partial charge on any atom is -0.487 e. The van der Waals surface area contributed by atoms with Crippen LogP contribution in [0.25, 0.3) is 0 Å². The standard InChI is InChI=1S/C15H32O4SSi/c1-5-9-10-12-15(20)16-13-11-14-21(17-6-2,18-7-3)19-8-4/h5-14H2,1-4H3. The van der Waals surface area contributed by atoms with E-state index in [1.54, 1.807) is 0 Å². The second-order valence-electron chi connectivity index (χ2n) is 4.76. The van der Waals surface area contributed by atoms with E-state index in [-0.39, 0.29) is 0 Å². The van der Waals surface area contributed by atoms with Crippen molar-refractivity contribution in [2.75, 3.05) is 26.4 Å². The van der Waals surface area contributed by atoms with Gasteiger partial charge in [-0.2, -0.15) is 0 Å². The van der Waals surface area contributed by atoms with Gasteiger partial charge in [0.05, 0.1) is 6.61 Å². The molecule has 0 aliphatic heterocycles. The fourth-order valence-electron chi connectivity index (χ4n) is 2.07. The van der Waals surface area contributed by atoms with Crippen LogP contribution in [0.2, 0.25) is 6.04 Å². The van der Waals surface area contributed by atoms with E-state index in [1.165, 1.54) is 12.8 Å². The molecule has 0 aliphatic rings. The van der Waals surface area contributed by atoms with Gasteiger partial charge in [0.15, 0.2) is 5.05 Å². The average Bonchev–Trinajstić information content (AvgIpc) is 2.45. The van der Waals surface area contributed by atoms with E-state index >= 15 is 0 Å². The lowest BCUT2D eigenvalue weighted by Crippen LogP contribution is -2.46. The van der Waals surface area contributed by atoms with Crippen LogP contribution in [0.5, 0.6) is 0 Å². The van der Waals surface area contributed by atoms with Gasteiger partial charge in [-0.05, 0) is 45.8 Å². The van der Waals surface area contributed by atoms with Crippen LogP contribution < -0.4 is 0 Å². The maximum Gasteiger partial charge on any atom is 0.501 e. The molecule has 0 bridgehead atoms. The molecule has 21 heavy (non-hydrogen) atoms. The van der Waals surface area contributed by atoms with E-state index in [4.69, 9.17) is 30.2 Å². The Labute approximate surface area is 136 Å². The van der Waals surface area contributed by atoms with E-state index < -0.39 is 8.80 Å². The average molecular weight is 337 g/mol. The van der Waals surface area contributed by atoms with Gasteiger partial charge in [-0.1, -0.05) is 19.8 Å². The third kappa shape index (κ3) is 10.4. The summed E-state index contributed by atoms with van der Waals surface area (Å²) in [5.41, 5.74) is 0.